The Morgan fingerprint density at radius 3 is 2.64 bits per heavy atom. The zero-order valence-corrected chi connectivity index (χ0v) is 15.2. The van der Waals surface area contributed by atoms with Crippen molar-refractivity contribution in [2.24, 2.45) is 5.92 Å². The van der Waals surface area contributed by atoms with Crippen LogP contribution in [0.25, 0.3) is 0 Å². The highest BCUT2D eigenvalue weighted by Gasteiger charge is 2.29. The minimum absolute atomic E-state index is 0.0235. The first-order valence-electron chi connectivity index (χ1n) is 8.43. The third-order valence-electron chi connectivity index (χ3n) is 4.31. The van der Waals surface area contributed by atoms with E-state index in [0.717, 1.165) is 29.7 Å². The van der Waals surface area contributed by atoms with Crippen LogP contribution >= 0.6 is 11.3 Å². The summed E-state index contributed by atoms with van der Waals surface area (Å²) in [6.07, 6.45) is 4.27. The standard InChI is InChI=1S/C19H21N3O2S/c1-12-7-16(8-13(2)24-12)18(23)22-19-21-11-17(25-19)9-14-3-5-15(10-20)6-4-14/h3-6,11-13,16H,7-9H2,1-2H3,(H,21,22,23). The molecule has 2 atom stereocenters. The number of thiazole rings is 1. The fourth-order valence-electron chi connectivity index (χ4n) is 3.17. The lowest BCUT2D eigenvalue weighted by Crippen LogP contribution is -2.35. The molecule has 5 nitrogen and oxygen atoms in total. The molecule has 1 aromatic carbocycles. The van der Waals surface area contributed by atoms with Gasteiger partial charge in [-0.1, -0.05) is 12.1 Å². The number of benzene rings is 1. The summed E-state index contributed by atoms with van der Waals surface area (Å²) in [4.78, 5) is 17.9. The molecule has 0 radical (unpaired) electrons. The molecule has 1 saturated heterocycles. The van der Waals surface area contributed by atoms with Crippen molar-refractivity contribution < 1.29 is 9.53 Å². The number of hydrogen-bond donors (Lipinski definition) is 1. The third-order valence-corrected chi connectivity index (χ3v) is 5.23. The topological polar surface area (TPSA) is 75.0 Å². The van der Waals surface area contributed by atoms with Gasteiger partial charge >= 0.3 is 0 Å². The molecule has 1 N–H and O–H groups in total. The number of nitrogens with zero attached hydrogens (tertiary/aromatic N) is 2. The van der Waals surface area contributed by atoms with Crippen LogP contribution in [0, 0.1) is 17.2 Å². The highest BCUT2D eigenvalue weighted by atomic mass is 32.1. The fraction of sp³-hybridized carbons (Fsp3) is 0.421. The number of aromatic nitrogens is 1. The number of rotatable bonds is 4. The van der Waals surface area contributed by atoms with Gasteiger partial charge in [-0.3, -0.25) is 4.79 Å². The van der Waals surface area contributed by atoms with Gasteiger partial charge < -0.3 is 10.1 Å². The Hall–Kier alpha value is -2.23. The second-order valence-corrected chi connectivity index (χ2v) is 7.65. The molecule has 0 aliphatic carbocycles. The molecule has 0 spiro atoms. The average molecular weight is 355 g/mol. The van der Waals surface area contributed by atoms with Crippen LogP contribution in [0.2, 0.25) is 0 Å². The van der Waals surface area contributed by atoms with E-state index in [1.807, 2.05) is 38.1 Å². The number of carbonyl (C=O) groups excluding carboxylic acids is 1. The van der Waals surface area contributed by atoms with E-state index in [0.29, 0.717) is 10.7 Å². The van der Waals surface area contributed by atoms with Gasteiger partial charge in [0.25, 0.3) is 0 Å². The van der Waals surface area contributed by atoms with Crippen LogP contribution in [0.3, 0.4) is 0 Å². The first kappa shape index (κ1) is 17.6. The Balaban J connectivity index is 1.59. The first-order chi connectivity index (χ1) is 12.0. The third kappa shape index (κ3) is 4.65. The van der Waals surface area contributed by atoms with E-state index >= 15 is 0 Å². The van der Waals surface area contributed by atoms with E-state index in [2.05, 4.69) is 16.4 Å². The van der Waals surface area contributed by atoms with E-state index in [1.54, 1.807) is 6.20 Å². The van der Waals surface area contributed by atoms with Crippen LogP contribution in [-0.2, 0) is 16.0 Å². The summed E-state index contributed by atoms with van der Waals surface area (Å²) in [7, 11) is 0. The summed E-state index contributed by atoms with van der Waals surface area (Å²) < 4.78 is 5.69. The Morgan fingerprint density at radius 2 is 2.00 bits per heavy atom. The lowest BCUT2D eigenvalue weighted by atomic mass is 9.92. The molecule has 1 aliphatic rings. The molecule has 6 heteroatoms. The van der Waals surface area contributed by atoms with Crippen LogP contribution in [0.5, 0.6) is 0 Å². The largest absolute Gasteiger partial charge is 0.376 e. The summed E-state index contributed by atoms with van der Waals surface area (Å²) in [5, 5.41) is 12.4. The Labute approximate surface area is 151 Å². The lowest BCUT2D eigenvalue weighted by Gasteiger charge is -2.30. The van der Waals surface area contributed by atoms with Crippen molar-refractivity contribution in [1.82, 2.24) is 4.98 Å². The molecule has 1 amide bonds. The molecule has 130 valence electrons. The number of amides is 1. The molecule has 3 rings (SSSR count). The molecular formula is C19H21N3O2S. The summed E-state index contributed by atoms with van der Waals surface area (Å²) in [6.45, 7) is 4.02. The monoisotopic (exact) mass is 355 g/mol. The van der Waals surface area contributed by atoms with E-state index in [4.69, 9.17) is 10.00 Å². The predicted molar refractivity (Wildman–Crippen MR) is 97.4 cm³/mol. The molecule has 1 aromatic heterocycles. The summed E-state index contributed by atoms with van der Waals surface area (Å²) >= 11 is 1.49. The van der Waals surface area contributed by atoms with Crippen LogP contribution in [-0.4, -0.2) is 23.1 Å². The molecule has 2 heterocycles. The minimum atomic E-state index is -0.0235. The molecule has 0 bridgehead atoms. The number of ether oxygens (including phenoxy) is 1. The second-order valence-electron chi connectivity index (χ2n) is 6.53. The number of hydrogen-bond acceptors (Lipinski definition) is 5. The van der Waals surface area contributed by atoms with Crippen molar-refractivity contribution in [2.45, 2.75) is 45.3 Å². The van der Waals surface area contributed by atoms with Crippen molar-refractivity contribution in [3.63, 3.8) is 0 Å². The summed E-state index contributed by atoms with van der Waals surface area (Å²) in [5.41, 5.74) is 1.77. The van der Waals surface area contributed by atoms with E-state index in [9.17, 15) is 4.79 Å². The maximum Gasteiger partial charge on any atom is 0.229 e. The van der Waals surface area contributed by atoms with Gasteiger partial charge in [-0.05, 0) is 44.4 Å². The van der Waals surface area contributed by atoms with Gasteiger partial charge in [-0.15, -0.1) is 11.3 Å². The van der Waals surface area contributed by atoms with Crippen LogP contribution in [0.4, 0.5) is 5.13 Å². The fourth-order valence-corrected chi connectivity index (χ4v) is 4.02. The number of anilines is 1. The van der Waals surface area contributed by atoms with Gasteiger partial charge in [-0.2, -0.15) is 5.26 Å². The predicted octanol–water partition coefficient (Wildman–Crippen LogP) is 3.75. The van der Waals surface area contributed by atoms with Gasteiger partial charge in [0.1, 0.15) is 0 Å². The second kappa shape index (κ2) is 7.77. The first-order valence-corrected chi connectivity index (χ1v) is 9.25. The smallest absolute Gasteiger partial charge is 0.229 e. The van der Waals surface area contributed by atoms with Gasteiger partial charge in [0.2, 0.25) is 5.91 Å². The normalized spacial score (nSPS) is 23.0. The molecule has 2 aromatic rings. The molecule has 25 heavy (non-hydrogen) atoms. The van der Waals surface area contributed by atoms with Crippen molar-refractivity contribution in [1.29, 1.82) is 5.26 Å². The SMILES string of the molecule is CC1CC(C(=O)Nc2ncc(Cc3ccc(C#N)cc3)s2)CC(C)O1. The molecule has 0 saturated carbocycles. The number of nitriles is 1. The number of nitrogens with one attached hydrogen (secondary N) is 1. The molecule has 2 unspecified atom stereocenters. The van der Waals surface area contributed by atoms with Crippen LogP contribution in [0.1, 0.15) is 42.7 Å². The highest BCUT2D eigenvalue weighted by Crippen LogP contribution is 2.27. The highest BCUT2D eigenvalue weighted by molar-refractivity contribution is 7.15. The maximum absolute atomic E-state index is 12.5. The number of carbonyl (C=O) groups is 1. The quantitative estimate of drug-likeness (QED) is 0.906. The summed E-state index contributed by atoms with van der Waals surface area (Å²) in [5.74, 6) is 0.00546. The zero-order valence-electron chi connectivity index (χ0n) is 14.4. The Kier molecular flexibility index (Phi) is 5.47. The van der Waals surface area contributed by atoms with Crippen molar-refractivity contribution >= 4 is 22.4 Å². The molecule has 1 fully saturated rings. The van der Waals surface area contributed by atoms with Gasteiger partial charge in [0.05, 0.1) is 23.8 Å². The Bertz CT molecular complexity index is 769. The van der Waals surface area contributed by atoms with E-state index < -0.39 is 0 Å². The zero-order chi connectivity index (χ0) is 17.8. The summed E-state index contributed by atoms with van der Waals surface area (Å²) in [6, 6.07) is 9.63. The van der Waals surface area contributed by atoms with Gasteiger partial charge in [-0.25, -0.2) is 4.98 Å². The van der Waals surface area contributed by atoms with Crippen molar-refractivity contribution in [3.8, 4) is 6.07 Å². The molecule has 1 aliphatic heterocycles. The van der Waals surface area contributed by atoms with Crippen molar-refractivity contribution in [2.75, 3.05) is 5.32 Å². The minimum Gasteiger partial charge on any atom is -0.376 e. The van der Waals surface area contributed by atoms with Gasteiger partial charge in [0.15, 0.2) is 5.13 Å². The molecular weight excluding hydrogens is 334 g/mol. The average Bonchev–Trinajstić information content (AvgIpc) is 3.01. The lowest BCUT2D eigenvalue weighted by molar-refractivity contribution is -0.127. The van der Waals surface area contributed by atoms with E-state index in [-0.39, 0.29) is 24.0 Å². The van der Waals surface area contributed by atoms with Crippen LogP contribution in [0.15, 0.2) is 30.5 Å². The van der Waals surface area contributed by atoms with Crippen molar-refractivity contribution in [3.05, 3.63) is 46.5 Å². The maximum atomic E-state index is 12.5. The Morgan fingerprint density at radius 1 is 1.32 bits per heavy atom. The van der Waals surface area contributed by atoms with Crippen LogP contribution < -0.4 is 5.32 Å². The van der Waals surface area contributed by atoms with Gasteiger partial charge in [0, 0.05) is 23.4 Å². The van der Waals surface area contributed by atoms with E-state index in [1.165, 1.54) is 11.3 Å².